The van der Waals surface area contributed by atoms with E-state index >= 15 is 0 Å². The molecule has 2 atom stereocenters. The van der Waals surface area contributed by atoms with Crippen molar-refractivity contribution in [1.29, 1.82) is 5.26 Å². The highest BCUT2D eigenvalue weighted by molar-refractivity contribution is 5.84. The highest BCUT2D eigenvalue weighted by Gasteiger charge is 2.35. The average molecular weight is 383 g/mol. The molecule has 0 N–H and O–H groups in total. The molecule has 5 heteroatoms. The monoisotopic (exact) mass is 383 g/mol. The SMILES string of the molecule is CC1=NN(C(C#N)c2c(C)nn(Cc3ccccc3)c2C)C(c2ccccc2)C1. The second kappa shape index (κ2) is 7.92. The fourth-order valence-electron chi connectivity index (χ4n) is 4.14. The molecule has 0 saturated heterocycles. The lowest BCUT2D eigenvalue weighted by Gasteiger charge is -2.28. The summed E-state index contributed by atoms with van der Waals surface area (Å²) < 4.78 is 1.99. The molecule has 0 bridgehead atoms. The number of hydrazone groups is 1. The molecule has 0 fully saturated rings. The minimum Gasteiger partial charge on any atom is -0.267 e. The lowest BCUT2D eigenvalue weighted by molar-refractivity contribution is 0.195. The van der Waals surface area contributed by atoms with E-state index in [0.29, 0.717) is 6.54 Å². The van der Waals surface area contributed by atoms with Crippen LogP contribution in [0.25, 0.3) is 0 Å². The Kier molecular flexibility index (Phi) is 5.18. The van der Waals surface area contributed by atoms with E-state index in [4.69, 9.17) is 10.2 Å². The molecule has 29 heavy (non-hydrogen) atoms. The Bertz CT molecular complexity index is 1060. The van der Waals surface area contributed by atoms with Crippen LogP contribution >= 0.6 is 0 Å². The van der Waals surface area contributed by atoms with Crippen molar-refractivity contribution in [1.82, 2.24) is 14.8 Å². The number of nitriles is 1. The highest BCUT2D eigenvalue weighted by atomic mass is 15.5. The van der Waals surface area contributed by atoms with E-state index in [1.165, 1.54) is 11.1 Å². The van der Waals surface area contributed by atoms with Crippen molar-refractivity contribution < 1.29 is 0 Å². The lowest BCUT2D eigenvalue weighted by atomic mass is 9.98. The van der Waals surface area contributed by atoms with E-state index in [0.717, 1.165) is 29.1 Å². The van der Waals surface area contributed by atoms with Gasteiger partial charge in [-0.05, 0) is 31.9 Å². The molecule has 146 valence electrons. The first-order chi connectivity index (χ1) is 14.1. The Morgan fingerprint density at radius 1 is 1.03 bits per heavy atom. The molecule has 4 rings (SSSR count). The third-order valence-corrected chi connectivity index (χ3v) is 5.55. The van der Waals surface area contributed by atoms with Gasteiger partial charge in [-0.15, -0.1) is 0 Å². The number of hydrogen-bond acceptors (Lipinski definition) is 4. The van der Waals surface area contributed by atoms with Gasteiger partial charge in [0.2, 0.25) is 0 Å². The summed E-state index contributed by atoms with van der Waals surface area (Å²) in [7, 11) is 0. The van der Waals surface area contributed by atoms with Gasteiger partial charge in [0.25, 0.3) is 0 Å². The number of rotatable bonds is 5. The Hall–Kier alpha value is -3.39. The van der Waals surface area contributed by atoms with Crippen LogP contribution in [0, 0.1) is 25.2 Å². The van der Waals surface area contributed by atoms with Gasteiger partial charge in [-0.2, -0.15) is 15.5 Å². The summed E-state index contributed by atoms with van der Waals surface area (Å²) in [4.78, 5) is 0. The molecule has 0 saturated carbocycles. The lowest BCUT2D eigenvalue weighted by Crippen LogP contribution is -2.25. The zero-order chi connectivity index (χ0) is 20.4. The van der Waals surface area contributed by atoms with Crippen LogP contribution in [0.3, 0.4) is 0 Å². The summed E-state index contributed by atoms with van der Waals surface area (Å²) in [5, 5.41) is 21.6. The first kappa shape index (κ1) is 18.9. The van der Waals surface area contributed by atoms with Crippen molar-refractivity contribution in [3.8, 4) is 6.07 Å². The Labute approximate surface area is 171 Å². The maximum absolute atomic E-state index is 10.1. The van der Waals surface area contributed by atoms with Crippen LogP contribution in [-0.2, 0) is 6.54 Å². The molecule has 2 aromatic carbocycles. The van der Waals surface area contributed by atoms with Crippen molar-refractivity contribution in [2.24, 2.45) is 5.10 Å². The van der Waals surface area contributed by atoms with Crippen molar-refractivity contribution >= 4 is 5.71 Å². The van der Waals surface area contributed by atoms with Gasteiger partial charge < -0.3 is 0 Å². The first-order valence-electron chi connectivity index (χ1n) is 9.93. The summed E-state index contributed by atoms with van der Waals surface area (Å²) in [6.07, 6.45) is 0.832. The van der Waals surface area contributed by atoms with Crippen molar-refractivity contribution in [2.45, 2.75) is 45.8 Å². The molecule has 3 aromatic rings. The minimum atomic E-state index is -0.470. The number of aromatic nitrogens is 2. The fraction of sp³-hybridized carbons (Fsp3) is 0.292. The Balaban J connectivity index is 1.70. The van der Waals surface area contributed by atoms with Gasteiger partial charge in [0.1, 0.15) is 0 Å². The van der Waals surface area contributed by atoms with Gasteiger partial charge >= 0.3 is 0 Å². The van der Waals surface area contributed by atoms with Gasteiger partial charge in [0.15, 0.2) is 6.04 Å². The van der Waals surface area contributed by atoms with Crippen LogP contribution in [0.5, 0.6) is 0 Å². The van der Waals surface area contributed by atoms with E-state index in [1.54, 1.807) is 0 Å². The van der Waals surface area contributed by atoms with Crippen LogP contribution < -0.4 is 0 Å². The second-order valence-corrected chi connectivity index (χ2v) is 7.61. The molecule has 1 aliphatic heterocycles. The normalized spacial score (nSPS) is 17.1. The number of hydrogen-bond donors (Lipinski definition) is 0. The van der Waals surface area contributed by atoms with Crippen molar-refractivity contribution in [3.63, 3.8) is 0 Å². The number of nitrogens with zero attached hydrogens (tertiary/aromatic N) is 5. The molecule has 5 nitrogen and oxygen atoms in total. The van der Waals surface area contributed by atoms with Gasteiger partial charge in [-0.25, -0.2) is 0 Å². The molecule has 0 spiro atoms. The summed E-state index contributed by atoms with van der Waals surface area (Å²) in [6.45, 7) is 6.75. The molecule has 0 radical (unpaired) electrons. The van der Waals surface area contributed by atoms with Crippen LogP contribution in [0.2, 0.25) is 0 Å². The van der Waals surface area contributed by atoms with E-state index in [9.17, 15) is 5.26 Å². The summed E-state index contributed by atoms with van der Waals surface area (Å²) in [5.41, 5.74) is 6.28. The molecule has 1 aliphatic rings. The zero-order valence-corrected chi connectivity index (χ0v) is 17.1. The first-order valence-corrected chi connectivity index (χ1v) is 9.93. The van der Waals surface area contributed by atoms with Gasteiger partial charge in [-0.1, -0.05) is 60.7 Å². The van der Waals surface area contributed by atoms with Crippen LogP contribution in [-0.4, -0.2) is 20.5 Å². The molecule has 2 heterocycles. The van der Waals surface area contributed by atoms with Crippen molar-refractivity contribution in [3.05, 3.63) is 88.7 Å². The van der Waals surface area contributed by atoms with E-state index in [2.05, 4.69) is 30.3 Å². The topological polar surface area (TPSA) is 57.2 Å². The predicted octanol–water partition coefficient (Wildman–Crippen LogP) is 4.94. The molecule has 0 amide bonds. The fourth-order valence-corrected chi connectivity index (χ4v) is 4.14. The van der Waals surface area contributed by atoms with Gasteiger partial charge in [0.05, 0.1) is 24.3 Å². The van der Waals surface area contributed by atoms with Gasteiger partial charge in [-0.3, -0.25) is 9.69 Å². The van der Waals surface area contributed by atoms with Gasteiger partial charge in [0, 0.05) is 23.4 Å². The third-order valence-electron chi connectivity index (χ3n) is 5.55. The molecule has 2 unspecified atom stereocenters. The highest BCUT2D eigenvalue weighted by Crippen LogP contribution is 2.39. The second-order valence-electron chi connectivity index (χ2n) is 7.61. The largest absolute Gasteiger partial charge is 0.267 e. The quantitative estimate of drug-likeness (QED) is 0.627. The maximum atomic E-state index is 10.1. The van der Waals surface area contributed by atoms with Crippen molar-refractivity contribution in [2.75, 3.05) is 0 Å². The molecule has 1 aromatic heterocycles. The molecular formula is C24H25N5. The maximum Gasteiger partial charge on any atom is 0.162 e. The van der Waals surface area contributed by atoms with Crippen LogP contribution in [0.15, 0.2) is 65.8 Å². The predicted molar refractivity (Wildman–Crippen MR) is 114 cm³/mol. The van der Waals surface area contributed by atoms with E-state index in [1.807, 2.05) is 66.9 Å². The minimum absolute atomic E-state index is 0.0668. The smallest absolute Gasteiger partial charge is 0.162 e. The Morgan fingerprint density at radius 3 is 2.34 bits per heavy atom. The number of benzene rings is 2. The summed E-state index contributed by atoms with van der Waals surface area (Å²) in [5.74, 6) is 0. The van der Waals surface area contributed by atoms with E-state index in [-0.39, 0.29) is 6.04 Å². The molecular weight excluding hydrogens is 358 g/mol. The summed E-state index contributed by atoms with van der Waals surface area (Å²) >= 11 is 0. The zero-order valence-electron chi connectivity index (χ0n) is 17.1. The Morgan fingerprint density at radius 2 is 1.69 bits per heavy atom. The summed E-state index contributed by atoms with van der Waals surface area (Å²) in [6, 6.07) is 22.7. The van der Waals surface area contributed by atoms with E-state index < -0.39 is 6.04 Å². The third kappa shape index (κ3) is 3.66. The number of aryl methyl sites for hydroxylation is 1. The van der Waals surface area contributed by atoms with Crippen LogP contribution in [0.4, 0.5) is 0 Å². The standard InChI is InChI=1S/C24H25N5/c1-17-14-22(21-12-8-5-9-13-21)29(26-17)23(15-25)24-18(2)27-28(19(24)3)16-20-10-6-4-7-11-20/h4-13,22-23H,14,16H2,1-3H3. The van der Waals surface area contributed by atoms with Crippen LogP contribution in [0.1, 0.15) is 53.5 Å². The average Bonchev–Trinajstić information content (AvgIpc) is 3.25. The molecule has 0 aliphatic carbocycles.